The number of rotatable bonds is 2. The highest BCUT2D eigenvalue weighted by molar-refractivity contribution is 7.14. The van der Waals surface area contributed by atoms with Gasteiger partial charge in [0.1, 0.15) is 0 Å². The highest BCUT2D eigenvalue weighted by atomic mass is 35.5. The maximum Gasteiger partial charge on any atom is 0.439 e. The van der Waals surface area contributed by atoms with Crippen molar-refractivity contribution in [2.24, 2.45) is 16.9 Å². The van der Waals surface area contributed by atoms with Gasteiger partial charge in [-0.2, -0.15) is 23.3 Å². The number of nitrogens with zero attached hydrogens (tertiary/aromatic N) is 3. The number of hydrogen-bond donors (Lipinski definition) is 1. The van der Waals surface area contributed by atoms with Crippen molar-refractivity contribution in [2.75, 3.05) is 5.01 Å². The van der Waals surface area contributed by atoms with Crippen molar-refractivity contribution in [1.82, 2.24) is 4.98 Å². The molecule has 27 heavy (non-hydrogen) atoms. The molecule has 4 nitrogen and oxygen atoms in total. The van der Waals surface area contributed by atoms with E-state index in [-0.39, 0.29) is 17.5 Å². The number of fused-ring (bicyclic) bond motifs is 1. The first-order valence-electron chi connectivity index (χ1n) is 8.58. The quantitative estimate of drug-likeness (QED) is 0.721. The third kappa shape index (κ3) is 3.03. The van der Waals surface area contributed by atoms with Crippen LogP contribution in [0.3, 0.4) is 0 Å². The summed E-state index contributed by atoms with van der Waals surface area (Å²) in [7, 11) is 0. The molecular weight excluding hydrogens is 399 g/mol. The van der Waals surface area contributed by atoms with E-state index < -0.39 is 17.8 Å². The van der Waals surface area contributed by atoms with Crippen LogP contribution in [0.1, 0.15) is 26.2 Å². The average molecular weight is 416 g/mol. The first-order chi connectivity index (χ1) is 12.7. The third-order valence-electron chi connectivity index (χ3n) is 5.20. The number of aromatic nitrogens is 1. The minimum absolute atomic E-state index is 0.0225. The summed E-state index contributed by atoms with van der Waals surface area (Å²) in [5.41, 5.74) is -1.42. The van der Waals surface area contributed by atoms with Crippen molar-refractivity contribution in [3.63, 3.8) is 0 Å². The Balaban J connectivity index is 1.74. The number of thiazole rings is 1. The first kappa shape index (κ1) is 18.7. The summed E-state index contributed by atoms with van der Waals surface area (Å²) in [6.07, 6.45) is -3.38. The van der Waals surface area contributed by atoms with Gasteiger partial charge in [0.05, 0.1) is 11.6 Å². The molecule has 4 rings (SSSR count). The molecule has 2 aliphatic rings. The monoisotopic (exact) mass is 415 g/mol. The molecule has 0 saturated heterocycles. The Morgan fingerprint density at radius 1 is 1.30 bits per heavy atom. The fourth-order valence-corrected chi connectivity index (χ4v) is 4.68. The molecule has 0 amide bonds. The van der Waals surface area contributed by atoms with Gasteiger partial charge in [-0.1, -0.05) is 30.7 Å². The van der Waals surface area contributed by atoms with Crippen molar-refractivity contribution in [3.8, 4) is 11.3 Å². The predicted molar refractivity (Wildman–Crippen MR) is 100.0 cm³/mol. The van der Waals surface area contributed by atoms with Crippen LogP contribution in [0.25, 0.3) is 11.3 Å². The van der Waals surface area contributed by atoms with E-state index in [2.05, 4.69) is 10.1 Å². The van der Waals surface area contributed by atoms with Gasteiger partial charge >= 0.3 is 6.18 Å². The van der Waals surface area contributed by atoms with Crippen LogP contribution < -0.4 is 5.01 Å². The standard InChI is InChI=1S/C18H17ClF3N3OS/c1-10-2-7-14-13(8-10)17(26,18(20,21)22)25(24-14)16-23-15(9-27-16)11-3-5-12(19)6-4-11/h3-6,9-10,13,26H,2,7-8H2,1H3/t10-,13+,17+/m0/s1. The second-order valence-corrected chi connectivity index (χ2v) is 8.35. The highest BCUT2D eigenvalue weighted by Gasteiger charge is 2.68. The van der Waals surface area contributed by atoms with E-state index in [9.17, 15) is 18.3 Å². The molecule has 2 aromatic rings. The molecule has 1 saturated carbocycles. The zero-order valence-corrected chi connectivity index (χ0v) is 15.9. The van der Waals surface area contributed by atoms with Gasteiger partial charge in [-0.05, 0) is 37.3 Å². The summed E-state index contributed by atoms with van der Waals surface area (Å²) >= 11 is 6.90. The summed E-state index contributed by atoms with van der Waals surface area (Å²) in [4.78, 5) is 4.31. The van der Waals surface area contributed by atoms with Gasteiger partial charge in [0.25, 0.3) is 5.72 Å². The van der Waals surface area contributed by atoms with Gasteiger partial charge in [-0.15, -0.1) is 11.3 Å². The van der Waals surface area contributed by atoms with Gasteiger partial charge in [0.2, 0.25) is 5.13 Å². The molecule has 3 atom stereocenters. The van der Waals surface area contributed by atoms with E-state index in [1.807, 2.05) is 6.92 Å². The van der Waals surface area contributed by atoms with Gasteiger partial charge in [0.15, 0.2) is 0 Å². The summed E-state index contributed by atoms with van der Waals surface area (Å²) < 4.78 is 41.9. The molecule has 9 heteroatoms. The van der Waals surface area contributed by atoms with Crippen molar-refractivity contribution in [3.05, 3.63) is 34.7 Å². The van der Waals surface area contributed by atoms with Crippen molar-refractivity contribution in [1.29, 1.82) is 0 Å². The fraction of sp³-hybridized carbons (Fsp3) is 0.444. The second kappa shape index (κ2) is 6.46. The Morgan fingerprint density at radius 3 is 2.67 bits per heavy atom. The van der Waals surface area contributed by atoms with Crippen LogP contribution in [0.15, 0.2) is 34.7 Å². The number of halogens is 4. The lowest BCUT2D eigenvalue weighted by molar-refractivity contribution is -0.269. The number of hydrazone groups is 1. The summed E-state index contributed by atoms with van der Waals surface area (Å²) in [5, 5.41) is 17.9. The molecule has 0 bridgehead atoms. The molecule has 2 heterocycles. The normalized spacial score (nSPS) is 28.2. The van der Waals surface area contributed by atoms with Crippen molar-refractivity contribution >= 4 is 33.8 Å². The average Bonchev–Trinajstić information content (AvgIpc) is 3.19. The smallest absolute Gasteiger partial charge is 0.362 e. The van der Waals surface area contributed by atoms with Crippen LogP contribution in [0.2, 0.25) is 5.02 Å². The zero-order chi connectivity index (χ0) is 19.4. The highest BCUT2D eigenvalue weighted by Crippen LogP contribution is 2.51. The molecule has 0 spiro atoms. The topological polar surface area (TPSA) is 48.7 Å². The Hall–Kier alpha value is -1.64. The molecule has 0 radical (unpaired) electrons. The number of aliphatic hydroxyl groups is 1. The van der Waals surface area contributed by atoms with E-state index in [1.165, 1.54) is 0 Å². The molecule has 1 aromatic carbocycles. The molecule has 1 N–H and O–H groups in total. The minimum Gasteiger partial charge on any atom is -0.362 e. The van der Waals surface area contributed by atoms with Crippen LogP contribution in [-0.4, -0.2) is 27.7 Å². The zero-order valence-electron chi connectivity index (χ0n) is 14.4. The van der Waals surface area contributed by atoms with Crippen molar-refractivity contribution in [2.45, 2.75) is 38.1 Å². The SMILES string of the molecule is C[C@H]1CCC2=NN(c3nc(-c4ccc(Cl)cc4)cs3)[C@](O)(C(F)(F)F)[C@@H]2C1. The maximum atomic E-state index is 14.0. The predicted octanol–water partition coefficient (Wildman–Crippen LogP) is 5.33. The summed E-state index contributed by atoms with van der Waals surface area (Å²) in [5.74, 6) is -0.965. The molecule has 144 valence electrons. The fourth-order valence-electron chi connectivity index (χ4n) is 3.71. The van der Waals surface area contributed by atoms with Gasteiger partial charge in [0, 0.05) is 21.7 Å². The summed E-state index contributed by atoms with van der Waals surface area (Å²) in [6.45, 7) is 1.90. The lowest BCUT2D eigenvalue weighted by Crippen LogP contribution is -2.60. The molecule has 1 fully saturated rings. The minimum atomic E-state index is -4.86. The molecule has 1 aliphatic heterocycles. The lowest BCUT2D eigenvalue weighted by Gasteiger charge is -2.39. The van der Waals surface area contributed by atoms with Gasteiger partial charge in [-0.25, -0.2) is 4.98 Å². The summed E-state index contributed by atoms with van der Waals surface area (Å²) in [6, 6.07) is 6.87. The van der Waals surface area contributed by atoms with Crippen LogP contribution in [0.4, 0.5) is 18.3 Å². The van der Waals surface area contributed by atoms with Crippen molar-refractivity contribution < 1.29 is 18.3 Å². The largest absolute Gasteiger partial charge is 0.439 e. The molecule has 1 aliphatic carbocycles. The van der Waals surface area contributed by atoms with E-state index in [1.54, 1.807) is 29.6 Å². The van der Waals surface area contributed by atoms with E-state index in [4.69, 9.17) is 11.6 Å². The van der Waals surface area contributed by atoms with Crippen LogP contribution in [0.5, 0.6) is 0 Å². The van der Waals surface area contributed by atoms with E-state index >= 15 is 0 Å². The third-order valence-corrected chi connectivity index (χ3v) is 6.27. The number of hydrogen-bond acceptors (Lipinski definition) is 5. The van der Waals surface area contributed by atoms with Gasteiger partial charge in [-0.3, -0.25) is 0 Å². The first-order valence-corrected chi connectivity index (χ1v) is 9.84. The number of alkyl halides is 3. The van der Waals surface area contributed by atoms with Crippen LogP contribution in [0, 0.1) is 11.8 Å². The Kier molecular flexibility index (Phi) is 4.48. The number of benzene rings is 1. The van der Waals surface area contributed by atoms with Crippen LogP contribution >= 0.6 is 22.9 Å². The molecule has 0 unspecified atom stereocenters. The van der Waals surface area contributed by atoms with E-state index in [0.717, 1.165) is 23.3 Å². The van der Waals surface area contributed by atoms with Gasteiger partial charge < -0.3 is 5.11 Å². The van der Waals surface area contributed by atoms with Crippen LogP contribution in [-0.2, 0) is 0 Å². The number of anilines is 1. The Bertz CT molecular complexity index is 883. The molecule has 1 aromatic heterocycles. The molecular formula is C18H17ClF3N3OS. The Labute approximate surface area is 163 Å². The lowest BCUT2D eigenvalue weighted by atomic mass is 9.76. The Morgan fingerprint density at radius 2 is 2.00 bits per heavy atom. The second-order valence-electron chi connectivity index (χ2n) is 7.08. The van der Waals surface area contributed by atoms with E-state index in [0.29, 0.717) is 27.9 Å². The maximum absolute atomic E-state index is 14.0.